The molecule has 1 saturated heterocycles. The number of amides is 1. The summed E-state index contributed by atoms with van der Waals surface area (Å²) in [6, 6.07) is 2.62. The third-order valence-electron chi connectivity index (χ3n) is 4.72. The lowest BCUT2D eigenvalue weighted by Gasteiger charge is -2.35. The Morgan fingerprint density at radius 1 is 1.36 bits per heavy atom. The van der Waals surface area contributed by atoms with Crippen LogP contribution >= 0.6 is 0 Å². The normalized spacial score (nSPS) is 29.0. The number of nitrogens with one attached hydrogen (secondary N) is 1. The van der Waals surface area contributed by atoms with Gasteiger partial charge in [-0.2, -0.15) is 5.26 Å². The number of aliphatic hydroxyl groups excluding tert-OH is 1. The first-order valence-electron chi connectivity index (χ1n) is 7.56. The smallest absolute Gasteiger partial charge is 0.240 e. The lowest BCUT2D eigenvalue weighted by molar-refractivity contribution is -0.124. The summed E-state index contributed by atoms with van der Waals surface area (Å²) in [5.41, 5.74) is 3.53. The summed E-state index contributed by atoms with van der Waals surface area (Å²) in [6.45, 7) is -0.537. The molecule has 0 bridgehead atoms. The van der Waals surface area contributed by atoms with E-state index < -0.39 is 29.3 Å². The van der Waals surface area contributed by atoms with Gasteiger partial charge >= 0.3 is 0 Å². The largest absolute Gasteiger partial charge is 0.458 e. The third-order valence-corrected chi connectivity index (χ3v) is 4.72. The minimum atomic E-state index is -1.62. The number of aliphatic hydroxyl groups is 1. The Bertz CT molecular complexity index is 981. The van der Waals surface area contributed by atoms with E-state index in [9.17, 15) is 20.0 Å². The molecule has 1 aliphatic carbocycles. The van der Waals surface area contributed by atoms with Crippen LogP contribution < -0.4 is 21.2 Å². The van der Waals surface area contributed by atoms with Gasteiger partial charge in [0, 0.05) is 12.0 Å². The van der Waals surface area contributed by atoms with Crippen LogP contribution in [0.15, 0.2) is 51.0 Å². The van der Waals surface area contributed by atoms with E-state index in [1.807, 2.05) is 6.07 Å². The maximum Gasteiger partial charge on any atom is 0.240 e. The van der Waals surface area contributed by atoms with Crippen molar-refractivity contribution in [2.45, 2.75) is 18.1 Å². The van der Waals surface area contributed by atoms with Gasteiger partial charge in [0.1, 0.15) is 24.0 Å². The van der Waals surface area contributed by atoms with Crippen molar-refractivity contribution >= 4 is 5.91 Å². The Morgan fingerprint density at radius 3 is 2.84 bits per heavy atom. The van der Waals surface area contributed by atoms with Crippen LogP contribution in [0.3, 0.4) is 0 Å². The molecule has 1 fully saturated rings. The molecule has 1 spiro atoms. The number of carbonyl (C=O) groups is 1. The molecule has 4 rings (SSSR count). The number of nitrogens with two attached hydrogens (primary N) is 1. The summed E-state index contributed by atoms with van der Waals surface area (Å²) in [5.74, 6) is -1.74. The molecule has 3 heterocycles. The van der Waals surface area contributed by atoms with E-state index in [4.69, 9.17) is 14.9 Å². The fourth-order valence-electron chi connectivity index (χ4n) is 3.69. The number of hydrogen-bond donors (Lipinski definition) is 3. The predicted molar refractivity (Wildman–Crippen MR) is 83.7 cm³/mol. The molecule has 1 aromatic heterocycles. The van der Waals surface area contributed by atoms with Crippen LogP contribution in [-0.4, -0.2) is 17.1 Å². The molecule has 0 radical (unpaired) electrons. The first kappa shape index (κ1) is 15.2. The van der Waals surface area contributed by atoms with Crippen LogP contribution in [0.2, 0.25) is 0 Å². The van der Waals surface area contributed by atoms with Crippen molar-refractivity contribution in [3.8, 4) is 11.8 Å². The third kappa shape index (κ3) is 1.78. The van der Waals surface area contributed by atoms with Crippen LogP contribution in [0.4, 0.5) is 0 Å². The van der Waals surface area contributed by atoms with Crippen molar-refractivity contribution in [2.24, 2.45) is 11.7 Å². The number of carbonyl (C=O) groups excluding carboxylic acids is 1. The average molecular weight is 339 g/mol. The Balaban J connectivity index is 2.11. The second-order valence-electron chi connectivity index (χ2n) is 5.95. The number of nitrogens with zero attached hydrogens (tertiary/aromatic N) is 1. The van der Waals surface area contributed by atoms with Crippen molar-refractivity contribution in [3.63, 3.8) is 0 Å². The summed E-state index contributed by atoms with van der Waals surface area (Å²) in [4.78, 5) is 25.4. The average Bonchev–Trinajstić information content (AvgIpc) is 2.89. The van der Waals surface area contributed by atoms with Crippen LogP contribution in [0.5, 0.6) is 5.75 Å². The van der Waals surface area contributed by atoms with Gasteiger partial charge < -0.3 is 25.3 Å². The number of hydrogen-bond acceptors (Lipinski definition) is 7. The van der Waals surface area contributed by atoms with Gasteiger partial charge in [-0.3, -0.25) is 9.59 Å². The minimum absolute atomic E-state index is 0.0314. The molecule has 25 heavy (non-hydrogen) atoms. The monoisotopic (exact) mass is 339 g/mol. The van der Waals surface area contributed by atoms with Gasteiger partial charge in [0.2, 0.25) is 23.0 Å². The molecule has 1 amide bonds. The molecule has 4 N–H and O–H groups in total. The molecule has 1 aromatic rings. The maximum absolute atomic E-state index is 13.0. The van der Waals surface area contributed by atoms with Gasteiger partial charge in [0.25, 0.3) is 0 Å². The standard InChI is InChI=1S/C17H13N3O5/c18-6-10-15(19)25-13-12(22)5-8(7-21)24-14(13)17(10)9-3-1-2-4-11(9)20-16(17)23/h1-5,9,11,21H,7,19H2,(H,20,23)/t9-,11+,17+/m0/s1. The Kier molecular flexibility index (Phi) is 3.10. The van der Waals surface area contributed by atoms with Gasteiger partial charge in [0.05, 0.1) is 6.04 Å². The lowest BCUT2D eigenvalue weighted by atomic mass is 9.66. The van der Waals surface area contributed by atoms with Crippen LogP contribution in [0.1, 0.15) is 11.5 Å². The predicted octanol–water partition coefficient (Wildman–Crippen LogP) is -0.303. The summed E-state index contributed by atoms with van der Waals surface area (Å²) in [6.07, 6.45) is 7.07. The van der Waals surface area contributed by atoms with E-state index in [0.29, 0.717) is 0 Å². The zero-order chi connectivity index (χ0) is 17.8. The highest BCUT2D eigenvalue weighted by Gasteiger charge is 2.63. The second kappa shape index (κ2) is 5.09. The molecule has 8 nitrogen and oxygen atoms in total. The van der Waals surface area contributed by atoms with E-state index in [-0.39, 0.29) is 34.8 Å². The van der Waals surface area contributed by atoms with E-state index in [2.05, 4.69) is 5.32 Å². The molecule has 0 unspecified atom stereocenters. The quantitative estimate of drug-likeness (QED) is 0.638. The molecular weight excluding hydrogens is 326 g/mol. The molecule has 0 aromatic carbocycles. The topological polar surface area (TPSA) is 139 Å². The zero-order valence-electron chi connectivity index (χ0n) is 12.9. The number of ether oxygens (including phenoxy) is 1. The molecule has 126 valence electrons. The summed E-state index contributed by atoms with van der Waals surface area (Å²) in [7, 11) is 0. The van der Waals surface area contributed by atoms with E-state index in [0.717, 1.165) is 6.07 Å². The van der Waals surface area contributed by atoms with E-state index in [1.165, 1.54) is 0 Å². The molecule has 8 heteroatoms. The number of fused-ring (bicyclic) bond motifs is 4. The van der Waals surface area contributed by atoms with Gasteiger partial charge in [-0.25, -0.2) is 0 Å². The SMILES string of the molecule is N#CC1=C(N)Oc2c(oc(CO)cc2=O)[C@]12C(=O)N[C@@H]1C=CC=C[C@@H]12. The minimum Gasteiger partial charge on any atom is -0.458 e. The Labute approximate surface area is 141 Å². The second-order valence-corrected chi connectivity index (χ2v) is 5.95. The summed E-state index contributed by atoms with van der Waals surface area (Å²) in [5, 5.41) is 21.8. The van der Waals surface area contributed by atoms with Gasteiger partial charge in [-0.1, -0.05) is 24.3 Å². The van der Waals surface area contributed by atoms with Crippen LogP contribution in [0.25, 0.3) is 0 Å². The van der Waals surface area contributed by atoms with Gasteiger partial charge in [-0.15, -0.1) is 0 Å². The fourth-order valence-corrected chi connectivity index (χ4v) is 3.69. The van der Waals surface area contributed by atoms with Crippen molar-refractivity contribution in [2.75, 3.05) is 0 Å². The highest BCUT2D eigenvalue weighted by molar-refractivity contribution is 5.97. The number of allylic oxidation sites excluding steroid dienone is 2. The molecule has 3 aliphatic rings. The van der Waals surface area contributed by atoms with Crippen molar-refractivity contribution in [1.82, 2.24) is 5.32 Å². The number of nitriles is 1. The molecule has 2 aliphatic heterocycles. The highest BCUT2D eigenvalue weighted by atomic mass is 16.5. The van der Waals surface area contributed by atoms with Crippen LogP contribution in [-0.2, 0) is 16.8 Å². The first-order valence-corrected chi connectivity index (χ1v) is 7.56. The fraction of sp³-hybridized carbons (Fsp3) is 0.235. The Hall–Kier alpha value is -3.31. The van der Waals surface area contributed by atoms with E-state index >= 15 is 0 Å². The lowest BCUT2D eigenvalue weighted by Crippen LogP contribution is -2.46. The van der Waals surface area contributed by atoms with Crippen molar-refractivity contribution in [3.05, 3.63) is 63.6 Å². The molecule has 0 saturated carbocycles. The van der Waals surface area contributed by atoms with Gasteiger partial charge in [-0.05, 0) is 0 Å². The van der Waals surface area contributed by atoms with Crippen molar-refractivity contribution in [1.29, 1.82) is 5.26 Å². The number of rotatable bonds is 1. The zero-order valence-corrected chi connectivity index (χ0v) is 12.9. The summed E-state index contributed by atoms with van der Waals surface area (Å²) < 4.78 is 10.9. The molecular formula is C17H13N3O5. The van der Waals surface area contributed by atoms with Crippen LogP contribution in [0, 0.1) is 17.2 Å². The first-order chi connectivity index (χ1) is 12.0. The Morgan fingerprint density at radius 2 is 2.12 bits per heavy atom. The highest BCUT2D eigenvalue weighted by Crippen LogP contribution is 2.52. The van der Waals surface area contributed by atoms with Crippen molar-refractivity contribution < 1.29 is 19.1 Å². The summed E-state index contributed by atoms with van der Waals surface area (Å²) >= 11 is 0. The van der Waals surface area contributed by atoms with E-state index in [1.54, 1.807) is 24.3 Å². The maximum atomic E-state index is 13.0. The molecule has 3 atom stereocenters. The van der Waals surface area contributed by atoms with Gasteiger partial charge in [0.15, 0.2) is 11.2 Å².